The second-order valence-electron chi connectivity index (χ2n) is 5.06. The number of rotatable bonds is 5. The summed E-state index contributed by atoms with van der Waals surface area (Å²) >= 11 is 0. The van der Waals surface area contributed by atoms with Gasteiger partial charge in [0.2, 0.25) is 0 Å². The van der Waals surface area contributed by atoms with Gasteiger partial charge in [0.1, 0.15) is 0 Å². The SMILES string of the molecule is CCNC(=O)c1ccc(NC(=O)C(=O)NCc2ccccc2)cc1. The van der Waals surface area contributed by atoms with Crippen LogP contribution in [0.1, 0.15) is 22.8 Å². The molecule has 3 N–H and O–H groups in total. The molecule has 6 nitrogen and oxygen atoms in total. The van der Waals surface area contributed by atoms with Crippen molar-refractivity contribution in [3.05, 3.63) is 65.7 Å². The van der Waals surface area contributed by atoms with E-state index < -0.39 is 11.8 Å². The molecule has 0 spiro atoms. The lowest BCUT2D eigenvalue weighted by Gasteiger charge is -2.07. The number of carbonyl (C=O) groups excluding carboxylic acids is 3. The lowest BCUT2D eigenvalue weighted by molar-refractivity contribution is -0.136. The number of hydrogen-bond acceptors (Lipinski definition) is 3. The fraction of sp³-hybridized carbons (Fsp3) is 0.167. The van der Waals surface area contributed by atoms with Gasteiger partial charge in [0.15, 0.2) is 0 Å². The standard InChI is InChI=1S/C18H19N3O3/c1-2-19-16(22)14-8-10-15(11-9-14)21-18(24)17(23)20-12-13-6-4-3-5-7-13/h3-11H,2,12H2,1H3,(H,19,22)(H,20,23)(H,21,24). The van der Waals surface area contributed by atoms with Crippen molar-refractivity contribution >= 4 is 23.4 Å². The van der Waals surface area contributed by atoms with Crippen LogP contribution in [0.2, 0.25) is 0 Å². The molecule has 24 heavy (non-hydrogen) atoms. The molecular formula is C18H19N3O3. The molecule has 0 aliphatic heterocycles. The zero-order chi connectivity index (χ0) is 17.4. The molecule has 3 amide bonds. The normalized spacial score (nSPS) is 9.88. The summed E-state index contributed by atoms with van der Waals surface area (Å²) in [4.78, 5) is 35.3. The highest BCUT2D eigenvalue weighted by atomic mass is 16.2. The molecule has 6 heteroatoms. The number of carbonyl (C=O) groups is 3. The predicted octanol–water partition coefficient (Wildman–Crippen LogP) is 1.69. The van der Waals surface area contributed by atoms with Crippen LogP contribution in [0.25, 0.3) is 0 Å². The van der Waals surface area contributed by atoms with Crippen LogP contribution in [0.3, 0.4) is 0 Å². The minimum Gasteiger partial charge on any atom is -0.352 e. The van der Waals surface area contributed by atoms with E-state index in [-0.39, 0.29) is 12.5 Å². The van der Waals surface area contributed by atoms with Crippen molar-refractivity contribution in [1.29, 1.82) is 0 Å². The van der Waals surface area contributed by atoms with E-state index in [0.29, 0.717) is 17.8 Å². The lowest BCUT2D eigenvalue weighted by atomic mass is 10.2. The molecule has 0 radical (unpaired) electrons. The first-order valence-electron chi connectivity index (χ1n) is 7.61. The van der Waals surface area contributed by atoms with E-state index in [1.165, 1.54) is 0 Å². The van der Waals surface area contributed by atoms with Gasteiger partial charge in [0.05, 0.1) is 0 Å². The Morgan fingerprint density at radius 2 is 1.50 bits per heavy atom. The fourth-order valence-corrected chi connectivity index (χ4v) is 2.01. The Morgan fingerprint density at radius 3 is 2.12 bits per heavy atom. The molecule has 0 aliphatic rings. The van der Waals surface area contributed by atoms with Gasteiger partial charge in [-0.3, -0.25) is 14.4 Å². The van der Waals surface area contributed by atoms with Crippen molar-refractivity contribution in [3.63, 3.8) is 0 Å². The number of hydrogen-bond donors (Lipinski definition) is 3. The van der Waals surface area contributed by atoms with Crippen molar-refractivity contribution in [1.82, 2.24) is 10.6 Å². The first-order valence-corrected chi connectivity index (χ1v) is 7.61. The number of nitrogens with one attached hydrogen (secondary N) is 3. The van der Waals surface area contributed by atoms with Gasteiger partial charge in [-0.2, -0.15) is 0 Å². The summed E-state index contributed by atoms with van der Waals surface area (Å²) in [5.41, 5.74) is 1.84. The van der Waals surface area contributed by atoms with Crippen LogP contribution >= 0.6 is 0 Å². The van der Waals surface area contributed by atoms with Gasteiger partial charge in [0.25, 0.3) is 5.91 Å². The topological polar surface area (TPSA) is 87.3 Å². The maximum absolute atomic E-state index is 11.9. The lowest BCUT2D eigenvalue weighted by Crippen LogP contribution is -2.34. The summed E-state index contributed by atoms with van der Waals surface area (Å²) < 4.78 is 0. The highest BCUT2D eigenvalue weighted by Gasteiger charge is 2.13. The number of anilines is 1. The third-order valence-electron chi connectivity index (χ3n) is 3.24. The van der Waals surface area contributed by atoms with Gasteiger partial charge < -0.3 is 16.0 Å². The third-order valence-corrected chi connectivity index (χ3v) is 3.24. The van der Waals surface area contributed by atoms with Gasteiger partial charge in [-0.25, -0.2) is 0 Å². The maximum Gasteiger partial charge on any atom is 0.313 e. The largest absolute Gasteiger partial charge is 0.352 e. The molecule has 0 atom stereocenters. The summed E-state index contributed by atoms with van der Waals surface area (Å²) in [5.74, 6) is -1.65. The Hall–Kier alpha value is -3.15. The summed E-state index contributed by atoms with van der Waals surface area (Å²) in [6.45, 7) is 2.66. The average Bonchev–Trinajstić information content (AvgIpc) is 2.61. The molecule has 2 aromatic carbocycles. The number of benzene rings is 2. The Bertz CT molecular complexity index is 712. The molecule has 124 valence electrons. The van der Waals surface area contributed by atoms with E-state index in [9.17, 15) is 14.4 Å². The smallest absolute Gasteiger partial charge is 0.313 e. The van der Waals surface area contributed by atoms with Gasteiger partial charge >= 0.3 is 11.8 Å². The highest BCUT2D eigenvalue weighted by Crippen LogP contribution is 2.09. The molecule has 0 unspecified atom stereocenters. The predicted molar refractivity (Wildman–Crippen MR) is 91.4 cm³/mol. The van der Waals surface area contributed by atoms with Gasteiger partial charge in [0, 0.05) is 24.3 Å². The molecule has 0 aliphatic carbocycles. The zero-order valence-electron chi connectivity index (χ0n) is 13.3. The van der Waals surface area contributed by atoms with Gasteiger partial charge in [-0.05, 0) is 36.8 Å². The zero-order valence-corrected chi connectivity index (χ0v) is 13.3. The van der Waals surface area contributed by atoms with Crippen LogP contribution < -0.4 is 16.0 Å². The minimum atomic E-state index is -0.753. The number of amides is 3. The van der Waals surface area contributed by atoms with Crippen LogP contribution in [0.4, 0.5) is 5.69 Å². The van der Waals surface area contributed by atoms with Crippen LogP contribution in [-0.4, -0.2) is 24.3 Å². The highest BCUT2D eigenvalue weighted by molar-refractivity contribution is 6.39. The van der Waals surface area contributed by atoms with E-state index in [2.05, 4.69) is 16.0 Å². The molecule has 2 aromatic rings. The monoisotopic (exact) mass is 325 g/mol. The molecule has 0 aromatic heterocycles. The van der Waals surface area contributed by atoms with Crippen molar-refractivity contribution in [2.45, 2.75) is 13.5 Å². The van der Waals surface area contributed by atoms with E-state index in [0.717, 1.165) is 5.56 Å². The summed E-state index contributed by atoms with van der Waals surface area (Å²) in [6.07, 6.45) is 0. The Balaban J connectivity index is 1.87. The first-order chi connectivity index (χ1) is 11.6. The van der Waals surface area contributed by atoms with Crippen LogP contribution in [0.5, 0.6) is 0 Å². The minimum absolute atomic E-state index is 0.184. The van der Waals surface area contributed by atoms with Crippen LogP contribution in [0.15, 0.2) is 54.6 Å². The fourth-order valence-electron chi connectivity index (χ4n) is 2.01. The second-order valence-corrected chi connectivity index (χ2v) is 5.06. The van der Waals surface area contributed by atoms with Crippen molar-refractivity contribution in [2.24, 2.45) is 0 Å². The van der Waals surface area contributed by atoms with Crippen molar-refractivity contribution in [3.8, 4) is 0 Å². The molecule has 0 heterocycles. The van der Waals surface area contributed by atoms with Gasteiger partial charge in [-0.15, -0.1) is 0 Å². The van der Waals surface area contributed by atoms with Crippen LogP contribution in [-0.2, 0) is 16.1 Å². The molecule has 0 saturated carbocycles. The summed E-state index contributed by atoms with van der Waals surface area (Å²) in [7, 11) is 0. The molecule has 2 rings (SSSR count). The molecule has 0 saturated heterocycles. The van der Waals surface area contributed by atoms with Crippen molar-refractivity contribution < 1.29 is 14.4 Å². The van der Waals surface area contributed by atoms with E-state index in [4.69, 9.17) is 0 Å². The first kappa shape index (κ1) is 17.2. The van der Waals surface area contributed by atoms with Crippen molar-refractivity contribution in [2.75, 3.05) is 11.9 Å². The Morgan fingerprint density at radius 1 is 0.833 bits per heavy atom. The molecule has 0 bridgehead atoms. The van der Waals surface area contributed by atoms with Gasteiger partial charge in [-0.1, -0.05) is 30.3 Å². The quantitative estimate of drug-likeness (QED) is 0.731. The molecular weight excluding hydrogens is 306 g/mol. The third kappa shape index (κ3) is 4.95. The summed E-state index contributed by atoms with van der Waals surface area (Å²) in [5, 5.41) is 7.73. The average molecular weight is 325 g/mol. The second kappa shape index (κ2) is 8.47. The van der Waals surface area contributed by atoms with E-state index in [1.807, 2.05) is 37.3 Å². The molecule has 0 fully saturated rings. The Kier molecular flexibility index (Phi) is 6.08. The van der Waals surface area contributed by atoms with E-state index in [1.54, 1.807) is 24.3 Å². The maximum atomic E-state index is 11.9. The van der Waals surface area contributed by atoms with Crippen LogP contribution in [0, 0.1) is 0 Å². The Labute approximate surface area is 140 Å². The van der Waals surface area contributed by atoms with E-state index >= 15 is 0 Å². The summed E-state index contributed by atoms with van der Waals surface area (Å²) in [6, 6.07) is 15.6.